The lowest BCUT2D eigenvalue weighted by Gasteiger charge is -2.36. The number of fused-ring (bicyclic) bond motifs is 1. The average molecular weight is 797 g/mol. The number of carbonyl (C=O) groups is 2. The van der Waals surface area contributed by atoms with E-state index in [1.54, 1.807) is 24.3 Å². The number of carbonyl (C=O) groups excluding carboxylic acids is 2. The number of nitrogens with zero attached hydrogens (tertiary/aromatic N) is 1. The van der Waals surface area contributed by atoms with Gasteiger partial charge in [-0.25, -0.2) is 4.79 Å². The zero-order valence-electron chi connectivity index (χ0n) is 32.6. The predicted molar refractivity (Wildman–Crippen MR) is 224 cm³/mol. The van der Waals surface area contributed by atoms with Crippen LogP contribution in [0.25, 0.3) is 22.0 Å². The molecule has 6 N–H and O–H groups in total. The van der Waals surface area contributed by atoms with Gasteiger partial charge in [-0.1, -0.05) is 60.1 Å². The summed E-state index contributed by atoms with van der Waals surface area (Å²) in [6.07, 6.45) is 1.53. The molecule has 1 aliphatic heterocycles. The number of nitrogens with one attached hydrogen (secondary N) is 4. The molecule has 2 heterocycles. The number of piperidine rings is 1. The number of quaternary nitrogens is 1. The normalized spacial score (nSPS) is 14.5. The van der Waals surface area contributed by atoms with Crippen LogP contribution >= 0.6 is 11.6 Å². The molecule has 4 aromatic carbocycles. The summed E-state index contributed by atoms with van der Waals surface area (Å²) in [7, 11) is 4.38. The molecule has 5 aromatic rings. The first kappa shape index (κ1) is 41.2. The Kier molecular flexibility index (Phi) is 13.5. The number of aryl methyl sites for hydroxylation is 1. The monoisotopic (exact) mass is 796 g/mol. The van der Waals surface area contributed by atoms with Gasteiger partial charge in [-0.05, 0) is 60.7 Å². The number of amides is 2. The molecular weight excluding hydrogens is 746 g/mol. The van der Waals surface area contributed by atoms with E-state index in [9.17, 15) is 24.6 Å². The Balaban J connectivity index is 1.05. The highest BCUT2D eigenvalue weighted by Gasteiger charge is 2.28. The van der Waals surface area contributed by atoms with Gasteiger partial charge < -0.3 is 39.8 Å². The van der Waals surface area contributed by atoms with Crippen LogP contribution in [0.3, 0.4) is 0 Å². The molecule has 2 amide bonds. The number of ether oxygens (including phenoxy) is 2. The number of aliphatic hydroxyl groups is 1. The Bertz CT molecular complexity index is 2250. The van der Waals surface area contributed by atoms with E-state index >= 15 is 0 Å². The SMILES string of the molecule is CCOc1cc(NC(=O)CCCc2ccc(-c3ccccc3)c(NC(=O)OC3CC[N+](C)(C)CC3)c2)c(Cl)cc1CNC[C@@H](O)c1ccc(O)c2[nH]c(=O)ccc12. The van der Waals surface area contributed by atoms with Crippen molar-refractivity contribution in [2.75, 3.05) is 51.0 Å². The van der Waals surface area contributed by atoms with Gasteiger partial charge in [0.25, 0.3) is 0 Å². The zero-order valence-corrected chi connectivity index (χ0v) is 33.3. The minimum Gasteiger partial charge on any atom is -0.506 e. The van der Waals surface area contributed by atoms with E-state index in [4.69, 9.17) is 21.1 Å². The maximum Gasteiger partial charge on any atom is 0.411 e. The van der Waals surface area contributed by atoms with Gasteiger partial charge in [-0.3, -0.25) is 14.9 Å². The van der Waals surface area contributed by atoms with Gasteiger partial charge in [0.15, 0.2) is 0 Å². The second kappa shape index (κ2) is 18.7. The van der Waals surface area contributed by atoms with Crippen LogP contribution in [0.4, 0.5) is 16.2 Å². The molecule has 1 fully saturated rings. The Morgan fingerprint density at radius 2 is 1.74 bits per heavy atom. The van der Waals surface area contributed by atoms with Gasteiger partial charge >= 0.3 is 6.09 Å². The van der Waals surface area contributed by atoms with Crippen molar-refractivity contribution in [2.45, 2.75) is 57.8 Å². The van der Waals surface area contributed by atoms with Crippen molar-refractivity contribution in [3.63, 3.8) is 0 Å². The topological polar surface area (TPSA) is 162 Å². The molecule has 0 saturated carbocycles. The van der Waals surface area contributed by atoms with Crippen molar-refractivity contribution in [1.29, 1.82) is 0 Å². The molecule has 1 aromatic heterocycles. The summed E-state index contributed by atoms with van der Waals surface area (Å²) in [6, 6.07) is 25.2. The molecule has 0 unspecified atom stereocenters. The summed E-state index contributed by atoms with van der Waals surface area (Å²) in [6.45, 7) is 4.64. The van der Waals surface area contributed by atoms with E-state index in [2.05, 4.69) is 35.0 Å². The number of aliphatic hydroxyl groups excluding tert-OH is 1. The number of aromatic nitrogens is 1. The lowest BCUT2D eigenvalue weighted by Crippen LogP contribution is -2.48. The molecule has 13 heteroatoms. The molecule has 0 bridgehead atoms. The summed E-state index contributed by atoms with van der Waals surface area (Å²) >= 11 is 6.66. The molecule has 1 aliphatic rings. The molecule has 0 radical (unpaired) electrons. The Labute approximate surface area is 337 Å². The lowest BCUT2D eigenvalue weighted by atomic mass is 9.99. The minimum atomic E-state index is -0.941. The summed E-state index contributed by atoms with van der Waals surface area (Å²) in [5.41, 5.74) is 5.11. The first-order valence-electron chi connectivity index (χ1n) is 19.4. The van der Waals surface area contributed by atoms with Crippen LogP contribution in [0, 0.1) is 0 Å². The van der Waals surface area contributed by atoms with Crippen molar-refractivity contribution in [3.05, 3.63) is 117 Å². The van der Waals surface area contributed by atoms with E-state index in [0.29, 0.717) is 59.1 Å². The third kappa shape index (κ3) is 10.9. The van der Waals surface area contributed by atoms with E-state index < -0.39 is 12.2 Å². The first-order valence-corrected chi connectivity index (χ1v) is 19.7. The standard InChI is InChI=1S/C44H50ClN5O7/c1-4-56-40-25-37(35(45)24-30(40)26-46-27-39(52)33-15-17-38(51)43-34(33)16-18-42(54)49-43)47-41(53)12-8-9-28-13-14-32(29-10-6-5-7-11-29)36(23-28)48-44(55)57-31-19-21-50(2,3)22-20-31/h5-7,10-11,13-18,23-25,31,39,46,52H,4,8-9,12,19-22,26-27H2,1-3H3,(H3-,47,48,49,51,53,54,55)/p+1/t39-/m1/s1. The number of hydrogen-bond donors (Lipinski definition) is 6. The van der Waals surface area contributed by atoms with E-state index in [0.717, 1.165) is 52.7 Å². The number of rotatable bonds is 15. The van der Waals surface area contributed by atoms with Crippen LogP contribution in [0.2, 0.25) is 5.02 Å². The number of aromatic hydroxyl groups is 1. The second-order valence-corrected chi connectivity index (χ2v) is 15.5. The van der Waals surface area contributed by atoms with Crippen molar-refractivity contribution in [3.8, 4) is 22.6 Å². The quantitative estimate of drug-likeness (QED) is 0.0593. The maximum atomic E-state index is 13.1. The predicted octanol–water partition coefficient (Wildman–Crippen LogP) is 7.52. The van der Waals surface area contributed by atoms with E-state index in [1.807, 2.05) is 55.5 Å². The minimum absolute atomic E-state index is 0.0797. The number of phenolic OH excluding ortho intramolecular Hbond substituents is 1. The van der Waals surface area contributed by atoms with Crippen LogP contribution in [-0.4, -0.2) is 78.1 Å². The number of hydrogen-bond acceptors (Lipinski definition) is 8. The Hall–Kier alpha value is -5.40. The second-order valence-electron chi connectivity index (χ2n) is 15.1. The number of pyridine rings is 1. The van der Waals surface area contributed by atoms with Gasteiger partial charge in [0.2, 0.25) is 11.5 Å². The van der Waals surface area contributed by atoms with Crippen molar-refractivity contribution in [1.82, 2.24) is 10.3 Å². The largest absolute Gasteiger partial charge is 0.506 e. The fourth-order valence-electron chi connectivity index (χ4n) is 7.16. The van der Waals surface area contributed by atoms with Crippen molar-refractivity contribution in [2.24, 2.45) is 0 Å². The van der Waals surface area contributed by atoms with E-state index in [1.165, 1.54) is 12.1 Å². The first-order chi connectivity index (χ1) is 27.4. The van der Waals surface area contributed by atoms with Crippen LogP contribution < -0.4 is 26.2 Å². The molecule has 1 atom stereocenters. The molecule has 57 heavy (non-hydrogen) atoms. The smallest absolute Gasteiger partial charge is 0.411 e. The van der Waals surface area contributed by atoms with E-state index in [-0.39, 0.29) is 41.8 Å². The number of likely N-dealkylation sites (tertiary alicyclic amines) is 1. The molecule has 12 nitrogen and oxygen atoms in total. The average Bonchev–Trinajstić information content (AvgIpc) is 3.18. The summed E-state index contributed by atoms with van der Waals surface area (Å²) in [4.78, 5) is 40.6. The maximum absolute atomic E-state index is 13.1. The number of anilines is 2. The van der Waals surface area contributed by atoms with Gasteiger partial charge in [0, 0.05) is 61.0 Å². The van der Waals surface area contributed by atoms with Gasteiger partial charge in [0.1, 0.15) is 17.6 Å². The van der Waals surface area contributed by atoms with Gasteiger partial charge in [-0.15, -0.1) is 0 Å². The summed E-state index contributed by atoms with van der Waals surface area (Å²) in [5.74, 6) is 0.257. The van der Waals surface area contributed by atoms with Crippen LogP contribution in [0.5, 0.6) is 11.5 Å². The lowest BCUT2D eigenvalue weighted by molar-refractivity contribution is -0.896. The number of H-pyrrole nitrogens is 1. The summed E-state index contributed by atoms with van der Waals surface area (Å²) in [5, 5.41) is 31.2. The number of aromatic amines is 1. The molecule has 0 aliphatic carbocycles. The Morgan fingerprint density at radius 3 is 2.49 bits per heavy atom. The number of benzene rings is 4. The van der Waals surface area contributed by atoms with Crippen molar-refractivity contribution < 1.29 is 33.8 Å². The molecule has 6 rings (SSSR count). The fourth-order valence-corrected chi connectivity index (χ4v) is 7.39. The van der Waals surface area contributed by atoms with Crippen LogP contribution in [0.1, 0.15) is 55.4 Å². The molecule has 300 valence electrons. The molecule has 0 spiro atoms. The Morgan fingerprint density at radius 1 is 0.965 bits per heavy atom. The summed E-state index contributed by atoms with van der Waals surface area (Å²) < 4.78 is 12.7. The van der Waals surface area contributed by atoms with Gasteiger partial charge in [0.05, 0.1) is 61.8 Å². The van der Waals surface area contributed by atoms with Crippen LogP contribution in [0.15, 0.2) is 89.7 Å². The van der Waals surface area contributed by atoms with Crippen molar-refractivity contribution >= 4 is 45.9 Å². The van der Waals surface area contributed by atoms with Crippen LogP contribution in [-0.2, 0) is 22.5 Å². The highest BCUT2D eigenvalue weighted by Crippen LogP contribution is 2.33. The zero-order chi connectivity index (χ0) is 40.5. The third-order valence-electron chi connectivity index (χ3n) is 10.3. The number of halogens is 1. The highest BCUT2D eigenvalue weighted by atomic mass is 35.5. The fraction of sp³-hybridized carbons (Fsp3) is 0.341. The van der Waals surface area contributed by atoms with Gasteiger partial charge in [-0.2, -0.15) is 0 Å². The highest BCUT2D eigenvalue weighted by molar-refractivity contribution is 6.33. The molecule has 1 saturated heterocycles. The third-order valence-corrected chi connectivity index (χ3v) is 10.6. The molecular formula is C44H51ClN5O7+. The number of phenols is 1.